The van der Waals surface area contributed by atoms with E-state index >= 15 is 0 Å². The van der Waals surface area contributed by atoms with Gasteiger partial charge in [0, 0.05) is 18.5 Å². The summed E-state index contributed by atoms with van der Waals surface area (Å²) in [7, 11) is 1.67. The van der Waals surface area contributed by atoms with Crippen LogP contribution in [0.5, 0.6) is 5.75 Å². The lowest BCUT2D eigenvalue weighted by atomic mass is 10.0. The lowest BCUT2D eigenvalue weighted by Crippen LogP contribution is -2.24. The summed E-state index contributed by atoms with van der Waals surface area (Å²) in [5.74, 6) is 2.78. The third kappa shape index (κ3) is 3.55. The first kappa shape index (κ1) is 16.5. The summed E-state index contributed by atoms with van der Waals surface area (Å²) >= 11 is 0. The predicted molar refractivity (Wildman–Crippen MR) is 92.3 cm³/mol. The van der Waals surface area contributed by atoms with Crippen LogP contribution in [0.25, 0.3) is 0 Å². The molecule has 1 aliphatic carbocycles. The summed E-state index contributed by atoms with van der Waals surface area (Å²) in [5.41, 5.74) is 1.14. The van der Waals surface area contributed by atoms with Crippen LogP contribution in [0.4, 0.5) is 0 Å². The van der Waals surface area contributed by atoms with E-state index in [9.17, 15) is 5.11 Å². The number of benzene rings is 1. The van der Waals surface area contributed by atoms with Crippen molar-refractivity contribution in [1.29, 1.82) is 0 Å². The van der Waals surface area contributed by atoms with Crippen LogP contribution in [0, 0.1) is 0 Å². The number of hydrogen-bond acceptors (Lipinski definition) is 6. The van der Waals surface area contributed by atoms with Gasteiger partial charge in [-0.15, -0.1) is 0 Å². The first-order valence-electron chi connectivity index (χ1n) is 9.11. The van der Waals surface area contributed by atoms with Crippen LogP contribution < -0.4 is 4.74 Å². The summed E-state index contributed by atoms with van der Waals surface area (Å²) in [6.07, 6.45) is 5.20. The van der Waals surface area contributed by atoms with Crippen molar-refractivity contribution in [3.63, 3.8) is 0 Å². The number of aromatic nitrogens is 2. The standard InChI is InChI=1S/C19H25N3O3/c1-24-16-8-4-7-14(9-16)17-10-15(23)11-22(17)12-18-20-19(21-25-18)13-5-2-3-6-13/h4,7-9,13,15,17,23H,2-3,5-6,10-12H2,1H3/t15-,17-/m0/s1. The normalized spacial score (nSPS) is 24.9. The van der Waals surface area contributed by atoms with Gasteiger partial charge in [-0.2, -0.15) is 4.98 Å². The van der Waals surface area contributed by atoms with Gasteiger partial charge in [-0.25, -0.2) is 0 Å². The van der Waals surface area contributed by atoms with Crippen LogP contribution in [0.15, 0.2) is 28.8 Å². The number of likely N-dealkylation sites (tertiary alicyclic amines) is 1. The van der Waals surface area contributed by atoms with Gasteiger partial charge in [0.2, 0.25) is 5.89 Å². The lowest BCUT2D eigenvalue weighted by Gasteiger charge is -2.23. The Kier molecular flexibility index (Phi) is 4.72. The zero-order valence-corrected chi connectivity index (χ0v) is 14.6. The molecule has 134 valence electrons. The average Bonchev–Trinajstić information content (AvgIpc) is 3.36. The largest absolute Gasteiger partial charge is 0.497 e. The highest BCUT2D eigenvalue weighted by Gasteiger charge is 2.33. The Bertz CT molecular complexity index is 711. The minimum atomic E-state index is -0.339. The van der Waals surface area contributed by atoms with Crippen molar-refractivity contribution >= 4 is 0 Å². The highest BCUT2D eigenvalue weighted by molar-refractivity contribution is 5.31. The second kappa shape index (κ2) is 7.14. The van der Waals surface area contributed by atoms with Crippen molar-refractivity contribution in [3.8, 4) is 5.75 Å². The number of rotatable bonds is 5. The van der Waals surface area contributed by atoms with Crippen LogP contribution in [0.3, 0.4) is 0 Å². The molecule has 1 aromatic carbocycles. The van der Waals surface area contributed by atoms with Gasteiger partial charge in [0.25, 0.3) is 0 Å². The van der Waals surface area contributed by atoms with E-state index < -0.39 is 0 Å². The molecule has 2 atom stereocenters. The molecular weight excluding hydrogens is 318 g/mol. The van der Waals surface area contributed by atoms with Crippen LogP contribution in [-0.4, -0.2) is 39.9 Å². The van der Waals surface area contributed by atoms with Crippen molar-refractivity contribution in [2.75, 3.05) is 13.7 Å². The van der Waals surface area contributed by atoms with Gasteiger partial charge in [0.05, 0.1) is 19.8 Å². The molecule has 1 aromatic heterocycles. The predicted octanol–water partition coefficient (Wildman–Crippen LogP) is 3.04. The molecule has 6 heteroatoms. The molecule has 1 saturated carbocycles. The van der Waals surface area contributed by atoms with Gasteiger partial charge in [-0.05, 0) is 37.0 Å². The van der Waals surface area contributed by atoms with Gasteiger partial charge in [-0.1, -0.05) is 30.1 Å². The van der Waals surface area contributed by atoms with Gasteiger partial charge in [0.1, 0.15) is 5.75 Å². The molecule has 2 aliphatic rings. The Morgan fingerprint density at radius 3 is 2.96 bits per heavy atom. The molecule has 0 radical (unpaired) electrons. The average molecular weight is 343 g/mol. The third-order valence-corrected chi connectivity index (χ3v) is 5.40. The maximum absolute atomic E-state index is 10.2. The van der Waals surface area contributed by atoms with Crippen molar-refractivity contribution < 1.29 is 14.4 Å². The number of nitrogens with zero attached hydrogens (tertiary/aromatic N) is 3. The molecule has 6 nitrogen and oxygen atoms in total. The first-order valence-corrected chi connectivity index (χ1v) is 9.11. The van der Waals surface area contributed by atoms with Crippen molar-refractivity contribution in [1.82, 2.24) is 15.0 Å². The molecule has 0 amide bonds. The van der Waals surface area contributed by atoms with E-state index in [0.29, 0.717) is 31.3 Å². The van der Waals surface area contributed by atoms with E-state index in [1.165, 1.54) is 12.8 Å². The topological polar surface area (TPSA) is 71.6 Å². The minimum absolute atomic E-state index is 0.131. The van der Waals surface area contributed by atoms with Crippen molar-refractivity contribution in [2.24, 2.45) is 0 Å². The Balaban J connectivity index is 1.50. The number of ether oxygens (including phenoxy) is 1. The molecule has 25 heavy (non-hydrogen) atoms. The van der Waals surface area contributed by atoms with Crippen molar-refractivity contribution in [3.05, 3.63) is 41.5 Å². The zero-order valence-electron chi connectivity index (χ0n) is 14.6. The minimum Gasteiger partial charge on any atom is -0.497 e. The monoisotopic (exact) mass is 343 g/mol. The Labute approximate surface area is 147 Å². The fraction of sp³-hybridized carbons (Fsp3) is 0.579. The molecule has 2 heterocycles. The van der Waals surface area contributed by atoms with Crippen LogP contribution in [0.2, 0.25) is 0 Å². The maximum Gasteiger partial charge on any atom is 0.240 e. The molecule has 2 aromatic rings. The summed E-state index contributed by atoms with van der Waals surface area (Å²) in [6, 6.07) is 8.17. The zero-order chi connectivity index (χ0) is 17.2. The summed E-state index contributed by atoms with van der Waals surface area (Å²) < 4.78 is 10.8. The molecule has 4 rings (SSSR count). The summed E-state index contributed by atoms with van der Waals surface area (Å²) in [5, 5.41) is 14.4. The van der Waals surface area contributed by atoms with Gasteiger partial charge in [0.15, 0.2) is 5.82 Å². The van der Waals surface area contributed by atoms with E-state index in [2.05, 4.69) is 21.1 Å². The summed E-state index contributed by atoms with van der Waals surface area (Å²) in [6.45, 7) is 1.18. The lowest BCUT2D eigenvalue weighted by molar-refractivity contribution is 0.164. The number of methoxy groups -OCH3 is 1. The molecular formula is C19H25N3O3. The second-order valence-corrected chi connectivity index (χ2v) is 7.14. The molecule has 0 unspecified atom stereocenters. The Morgan fingerprint density at radius 1 is 1.32 bits per heavy atom. The van der Waals surface area contributed by atoms with Crippen LogP contribution in [0.1, 0.15) is 61.3 Å². The van der Waals surface area contributed by atoms with Crippen LogP contribution >= 0.6 is 0 Å². The highest BCUT2D eigenvalue weighted by atomic mass is 16.5. The van der Waals surface area contributed by atoms with Gasteiger partial charge in [-0.3, -0.25) is 4.90 Å². The van der Waals surface area contributed by atoms with E-state index in [-0.39, 0.29) is 12.1 Å². The smallest absolute Gasteiger partial charge is 0.240 e. The Hall–Kier alpha value is -1.92. The van der Waals surface area contributed by atoms with Crippen molar-refractivity contribution in [2.45, 2.75) is 56.7 Å². The molecule has 0 bridgehead atoms. The molecule has 2 fully saturated rings. The molecule has 0 spiro atoms. The fourth-order valence-corrected chi connectivity index (χ4v) is 4.11. The maximum atomic E-state index is 10.2. The molecule has 1 aliphatic heterocycles. The Morgan fingerprint density at radius 2 is 2.16 bits per heavy atom. The molecule has 1 N–H and O–H groups in total. The molecule has 1 saturated heterocycles. The van der Waals surface area contributed by atoms with E-state index in [0.717, 1.165) is 30.0 Å². The third-order valence-electron chi connectivity index (χ3n) is 5.40. The number of aliphatic hydroxyl groups excluding tert-OH is 1. The van der Waals surface area contributed by atoms with E-state index in [4.69, 9.17) is 9.26 Å². The summed E-state index contributed by atoms with van der Waals surface area (Å²) in [4.78, 5) is 6.83. The SMILES string of the molecule is COc1cccc([C@@H]2C[C@H](O)CN2Cc2nc(C3CCCC3)no2)c1. The van der Waals surface area contributed by atoms with E-state index in [1.54, 1.807) is 7.11 Å². The fourth-order valence-electron chi connectivity index (χ4n) is 4.11. The van der Waals surface area contributed by atoms with Crippen LogP contribution in [-0.2, 0) is 6.54 Å². The van der Waals surface area contributed by atoms with E-state index in [1.807, 2.05) is 18.2 Å². The van der Waals surface area contributed by atoms with Gasteiger partial charge < -0.3 is 14.4 Å². The first-order chi connectivity index (χ1) is 12.2. The second-order valence-electron chi connectivity index (χ2n) is 7.14. The highest BCUT2D eigenvalue weighted by Crippen LogP contribution is 2.35. The quantitative estimate of drug-likeness (QED) is 0.900. The number of aliphatic hydroxyl groups is 1. The van der Waals surface area contributed by atoms with Gasteiger partial charge >= 0.3 is 0 Å². The number of β-amino-alcohol motifs (C(OH)–C–C–N with tert-alkyl or cyclic N) is 1. The number of hydrogen-bond donors (Lipinski definition) is 1.